The maximum absolute atomic E-state index is 12.9. The summed E-state index contributed by atoms with van der Waals surface area (Å²) in [7, 11) is 0. The van der Waals surface area contributed by atoms with Crippen molar-refractivity contribution in [2.75, 3.05) is 0 Å². The van der Waals surface area contributed by atoms with E-state index in [1.165, 1.54) is 6.92 Å². The van der Waals surface area contributed by atoms with Crippen LogP contribution in [0.4, 0.5) is 13.2 Å². The molecule has 0 saturated heterocycles. The molecule has 0 unspecified atom stereocenters. The van der Waals surface area contributed by atoms with E-state index in [9.17, 15) is 22.8 Å². The Morgan fingerprint density at radius 2 is 1.78 bits per heavy atom. The summed E-state index contributed by atoms with van der Waals surface area (Å²) in [6.07, 6.45) is -3.54. The monoisotopic (exact) mass is 380 g/mol. The standard InChI is InChI=1S/C20H19F3O4/c1-3-13-10-16(7-4-14(13)5-9-19(25)26)27-18-8-6-15(20(21,22)23)11-17(18)12(2)24/h4,6-8,10-11H,3,5,9H2,1-2H3,(H,25,26). The van der Waals surface area contributed by atoms with Gasteiger partial charge in [-0.15, -0.1) is 0 Å². The van der Waals surface area contributed by atoms with E-state index < -0.39 is 23.5 Å². The summed E-state index contributed by atoms with van der Waals surface area (Å²) < 4.78 is 44.3. The average Bonchev–Trinajstić information content (AvgIpc) is 2.59. The van der Waals surface area contributed by atoms with Gasteiger partial charge in [-0.1, -0.05) is 13.0 Å². The van der Waals surface area contributed by atoms with E-state index in [4.69, 9.17) is 9.84 Å². The maximum Gasteiger partial charge on any atom is 0.416 e. The molecule has 0 spiro atoms. The molecule has 4 nitrogen and oxygen atoms in total. The Bertz CT molecular complexity index is 857. The predicted octanol–water partition coefficient (Wildman–Crippen LogP) is 5.28. The number of ether oxygens (including phenoxy) is 1. The molecule has 144 valence electrons. The van der Waals surface area contributed by atoms with E-state index in [0.29, 0.717) is 18.6 Å². The third-order valence-electron chi connectivity index (χ3n) is 4.08. The van der Waals surface area contributed by atoms with Gasteiger partial charge >= 0.3 is 12.1 Å². The lowest BCUT2D eigenvalue weighted by atomic mass is 10.0. The topological polar surface area (TPSA) is 63.6 Å². The lowest BCUT2D eigenvalue weighted by Crippen LogP contribution is -2.07. The molecule has 2 rings (SSSR count). The summed E-state index contributed by atoms with van der Waals surface area (Å²) >= 11 is 0. The van der Waals surface area contributed by atoms with Crippen LogP contribution in [-0.4, -0.2) is 16.9 Å². The average molecular weight is 380 g/mol. The SMILES string of the molecule is CCc1cc(Oc2ccc(C(F)(F)F)cc2C(C)=O)ccc1CCC(=O)O. The van der Waals surface area contributed by atoms with Gasteiger partial charge in [-0.05, 0) is 61.2 Å². The molecule has 7 heteroatoms. The van der Waals surface area contributed by atoms with Gasteiger partial charge in [-0.3, -0.25) is 9.59 Å². The van der Waals surface area contributed by atoms with Crippen LogP contribution in [-0.2, 0) is 23.8 Å². The van der Waals surface area contributed by atoms with Gasteiger partial charge in [0.25, 0.3) is 0 Å². The van der Waals surface area contributed by atoms with E-state index in [1.807, 2.05) is 6.92 Å². The lowest BCUT2D eigenvalue weighted by molar-refractivity contribution is -0.138. The zero-order chi connectivity index (χ0) is 20.2. The second-order valence-corrected chi connectivity index (χ2v) is 6.04. The zero-order valence-corrected chi connectivity index (χ0v) is 14.9. The van der Waals surface area contributed by atoms with Crippen molar-refractivity contribution < 1.29 is 32.6 Å². The van der Waals surface area contributed by atoms with Gasteiger partial charge in [-0.25, -0.2) is 0 Å². The lowest BCUT2D eigenvalue weighted by Gasteiger charge is -2.14. The molecule has 0 atom stereocenters. The Labute approximate surface area is 154 Å². The van der Waals surface area contributed by atoms with E-state index in [0.717, 1.165) is 29.3 Å². The highest BCUT2D eigenvalue weighted by Crippen LogP contribution is 2.34. The zero-order valence-electron chi connectivity index (χ0n) is 14.9. The van der Waals surface area contributed by atoms with Crippen LogP contribution in [0.1, 0.15) is 47.3 Å². The van der Waals surface area contributed by atoms with Crippen LogP contribution in [0.2, 0.25) is 0 Å². The summed E-state index contributed by atoms with van der Waals surface area (Å²) in [5.74, 6) is -1.03. The number of benzene rings is 2. The van der Waals surface area contributed by atoms with Gasteiger partial charge < -0.3 is 9.84 Å². The van der Waals surface area contributed by atoms with Crippen LogP contribution >= 0.6 is 0 Å². The first-order valence-corrected chi connectivity index (χ1v) is 8.35. The predicted molar refractivity (Wildman–Crippen MR) is 93.3 cm³/mol. The maximum atomic E-state index is 12.9. The van der Waals surface area contributed by atoms with E-state index in [1.54, 1.807) is 18.2 Å². The first kappa shape index (κ1) is 20.5. The number of carbonyl (C=O) groups excluding carboxylic acids is 1. The minimum absolute atomic E-state index is 0.000588. The van der Waals surface area contributed by atoms with Crippen molar-refractivity contribution in [3.8, 4) is 11.5 Å². The molecular formula is C20H19F3O4. The summed E-state index contributed by atoms with van der Waals surface area (Å²) in [6.45, 7) is 3.08. The number of aliphatic carboxylic acids is 1. The van der Waals surface area contributed by atoms with Crippen molar-refractivity contribution >= 4 is 11.8 Å². The number of hydrogen-bond acceptors (Lipinski definition) is 3. The normalized spacial score (nSPS) is 11.3. The van der Waals surface area contributed by atoms with Crippen molar-refractivity contribution in [1.82, 2.24) is 0 Å². The van der Waals surface area contributed by atoms with Gasteiger partial charge in [-0.2, -0.15) is 13.2 Å². The number of rotatable bonds is 7. The molecule has 0 fully saturated rings. The number of alkyl halides is 3. The van der Waals surface area contributed by atoms with Crippen LogP contribution in [0.5, 0.6) is 11.5 Å². The van der Waals surface area contributed by atoms with Crippen molar-refractivity contribution in [1.29, 1.82) is 0 Å². The Morgan fingerprint density at radius 3 is 2.33 bits per heavy atom. The van der Waals surface area contributed by atoms with Crippen molar-refractivity contribution in [2.24, 2.45) is 0 Å². The highest BCUT2D eigenvalue weighted by Gasteiger charge is 2.31. The summed E-state index contributed by atoms with van der Waals surface area (Å²) in [5.41, 5.74) is 0.674. The molecule has 27 heavy (non-hydrogen) atoms. The number of ketones is 1. The Kier molecular flexibility index (Phi) is 6.25. The van der Waals surface area contributed by atoms with Gasteiger partial charge in [0.1, 0.15) is 11.5 Å². The third-order valence-corrected chi connectivity index (χ3v) is 4.08. The summed E-state index contributed by atoms with van der Waals surface area (Å²) in [6, 6.07) is 7.82. The number of Topliss-reactive ketones (excluding diaryl/α,β-unsaturated/α-hetero) is 1. The molecule has 0 aliphatic rings. The summed E-state index contributed by atoms with van der Waals surface area (Å²) in [5, 5.41) is 8.81. The van der Waals surface area contributed by atoms with E-state index in [2.05, 4.69) is 0 Å². The molecule has 1 N–H and O–H groups in total. The second-order valence-electron chi connectivity index (χ2n) is 6.04. The van der Waals surface area contributed by atoms with E-state index in [-0.39, 0.29) is 17.7 Å². The molecular weight excluding hydrogens is 361 g/mol. The fraction of sp³-hybridized carbons (Fsp3) is 0.300. The number of carboxylic acid groups (broad SMARTS) is 1. The smallest absolute Gasteiger partial charge is 0.416 e. The fourth-order valence-corrected chi connectivity index (χ4v) is 2.68. The second kappa shape index (κ2) is 8.24. The minimum Gasteiger partial charge on any atom is -0.481 e. The number of aryl methyl sites for hydroxylation is 2. The first-order valence-electron chi connectivity index (χ1n) is 8.35. The van der Waals surface area contributed by atoms with Crippen molar-refractivity contribution in [3.05, 3.63) is 58.7 Å². The van der Waals surface area contributed by atoms with Crippen LogP contribution in [0.25, 0.3) is 0 Å². The third kappa shape index (κ3) is 5.32. The summed E-state index contributed by atoms with van der Waals surface area (Å²) in [4.78, 5) is 22.5. The van der Waals surface area contributed by atoms with Crippen LogP contribution in [0, 0.1) is 0 Å². The van der Waals surface area contributed by atoms with Crippen LogP contribution < -0.4 is 4.74 Å². The van der Waals surface area contributed by atoms with Gasteiger partial charge in [0.05, 0.1) is 11.1 Å². The molecule has 0 bridgehead atoms. The molecule has 0 aliphatic heterocycles. The molecule has 0 radical (unpaired) electrons. The Balaban J connectivity index is 2.33. The van der Waals surface area contributed by atoms with Gasteiger partial charge in [0, 0.05) is 6.42 Å². The molecule has 0 heterocycles. The quantitative estimate of drug-likeness (QED) is 0.664. The van der Waals surface area contributed by atoms with Crippen molar-refractivity contribution in [3.63, 3.8) is 0 Å². The van der Waals surface area contributed by atoms with Crippen LogP contribution in [0.3, 0.4) is 0 Å². The van der Waals surface area contributed by atoms with Gasteiger partial charge in [0.2, 0.25) is 0 Å². The largest absolute Gasteiger partial charge is 0.481 e. The van der Waals surface area contributed by atoms with E-state index >= 15 is 0 Å². The molecule has 0 aromatic heterocycles. The van der Waals surface area contributed by atoms with Crippen LogP contribution in [0.15, 0.2) is 36.4 Å². The highest BCUT2D eigenvalue weighted by atomic mass is 19.4. The fourth-order valence-electron chi connectivity index (χ4n) is 2.68. The number of hydrogen-bond donors (Lipinski definition) is 1. The molecule has 2 aromatic carbocycles. The molecule has 2 aromatic rings. The molecule has 0 aliphatic carbocycles. The number of carbonyl (C=O) groups is 2. The Morgan fingerprint density at radius 1 is 1.07 bits per heavy atom. The van der Waals surface area contributed by atoms with Gasteiger partial charge in [0.15, 0.2) is 5.78 Å². The first-order chi connectivity index (χ1) is 12.6. The minimum atomic E-state index is -4.55. The highest BCUT2D eigenvalue weighted by molar-refractivity contribution is 5.97. The number of carboxylic acids is 1. The molecule has 0 amide bonds. The van der Waals surface area contributed by atoms with Crippen molar-refractivity contribution in [2.45, 2.75) is 39.3 Å². The molecule has 0 saturated carbocycles. The Hall–Kier alpha value is -2.83. The number of halogens is 3.